The largest absolute Gasteiger partial charge is 0.416 e. The van der Waals surface area contributed by atoms with Crippen LogP contribution in [0, 0.1) is 17.1 Å². The number of rotatable bonds is 6. The number of likely N-dealkylation sites (tertiary alicyclic amines) is 1. The second kappa shape index (κ2) is 13.5. The van der Waals surface area contributed by atoms with Crippen molar-refractivity contribution in [2.75, 3.05) is 61.5 Å². The molecule has 3 amide bonds. The van der Waals surface area contributed by atoms with Gasteiger partial charge in [0.25, 0.3) is 0 Å². The smallest absolute Gasteiger partial charge is 0.379 e. The number of morpholine rings is 1. The van der Waals surface area contributed by atoms with Crippen molar-refractivity contribution < 1.29 is 31.9 Å². The van der Waals surface area contributed by atoms with Gasteiger partial charge in [-0.1, -0.05) is 23.8 Å². The third kappa shape index (κ3) is 7.21. The summed E-state index contributed by atoms with van der Waals surface area (Å²) in [4.78, 5) is 30.9. The predicted octanol–water partition coefficient (Wildman–Crippen LogP) is 5.06. The summed E-state index contributed by atoms with van der Waals surface area (Å²) in [6, 6.07) is 4.88. The molecule has 2 atom stereocenters. The lowest BCUT2D eigenvalue weighted by Gasteiger charge is -2.41. The zero-order valence-corrected chi connectivity index (χ0v) is 25.9. The molecule has 0 aromatic heterocycles. The lowest BCUT2D eigenvalue weighted by Crippen LogP contribution is -2.53. The maximum absolute atomic E-state index is 14.1. The summed E-state index contributed by atoms with van der Waals surface area (Å²) >= 11 is 6.42. The summed E-state index contributed by atoms with van der Waals surface area (Å²) in [5, 5.41) is 20.0. The molecule has 2 fully saturated rings. The molecule has 2 unspecified atom stereocenters. The van der Waals surface area contributed by atoms with E-state index in [1.165, 1.54) is 18.5 Å². The summed E-state index contributed by atoms with van der Waals surface area (Å²) < 4.78 is 58.5. The summed E-state index contributed by atoms with van der Waals surface area (Å²) in [6.45, 7) is 4.61. The number of amidine groups is 1. The van der Waals surface area contributed by atoms with Gasteiger partial charge in [-0.3, -0.25) is 25.0 Å². The third-order valence-corrected chi connectivity index (χ3v) is 9.09. The average Bonchev–Trinajstić information content (AvgIpc) is 3.48. The summed E-state index contributed by atoms with van der Waals surface area (Å²) in [6.07, 6.45) is 2.50. The van der Waals surface area contributed by atoms with Gasteiger partial charge in [0.15, 0.2) is 0 Å². The lowest BCUT2D eigenvalue weighted by molar-refractivity contribution is -0.137. The van der Waals surface area contributed by atoms with Gasteiger partial charge < -0.3 is 20.3 Å². The fourth-order valence-corrected chi connectivity index (χ4v) is 6.43. The van der Waals surface area contributed by atoms with E-state index < -0.39 is 35.3 Å². The molecule has 16 heteroatoms. The van der Waals surface area contributed by atoms with E-state index in [0.29, 0.717) is 56.7 Å². The molecular formula is C31H33ClF4N8O3. The summed E-state index contributed by atoms with van der Waals surface area (Å²) in [7, 11) is 0. The number of carbonyl (C=O) groups excluding carboxylic acids is 2. The van der Waals surface area contributed by atoms with Gasteiger partial charge >= 0.3 is 12.2 Å². The van der Waals surface area contributed by atoms with Crippen LogP contribution in [-0.2, 0) is 15.7 Å². The van der Waals surface area contributed by atoms with Crippen molar-refractivity contribution in [2.24, 2.45) is 11.0 Å². The number of piperidine rings is 1. The normalized spacial score (nSPS) is 22.1. The topological polar surface area (TPSA) is 117 Å². The number of halogens is 5. The van der Waals surface area contributed by atoms with Crippen molar-refractivity contribution in [3.05, 3.63) is 65.0 Å². The van der Waals surface area contributed by atoms with Gasteiger partial charge in [0.05, 0.1) is 47.8 Å². The number of hydrogen-bond donors (Lipinski definition) is 3. The van der Waals surface area contributed by atoms with Crippen molar-refractivity contribution in [2.45, 2.75) is 31.1 Å². The van der Waals surface area contributed by atoms with Gasteiger partial charge in [0.1, 0.15) is 24.0 Å². The molecule has 4 heterocycles. The number of hydrogen-bond acceptors (Lipinski definition) is 7. The first-order valence-corrected chi connectivity index (χ1v) is 15.6. The Morgan fingerprint density at radius 2 is 1.72 bits per heavy atom. The number of hydrazone groups is 1. The first kappa shape index (κ1) is 32.7. The highest BCUT2D eigenvalue weighted by atomic mass is 35.5. The van der Waals surface area contributed by atoms with Crippen LogP contribution in [-0.4, -0.2) is 96.9 Å². The van der Waals surface area contributed by atoms with Gasteiger partial charge in [0, 0.05) is 31.9 Å². The Bertz CT molecular complexity index is 1590. The maximum atomic E-state index is 14.1. The molecule has 11 nitrogen and oxygen atoms in total. The van der Waals surface area contributed by atoms with Crippen LogP contribution < -0.4 is 15.5 Å². The number of anilines is 3. The number of amides is 3. The lowest BCUT2D eigenvalue weighted by atomic mass is 9.89. The fraction of sp³-hybridized carbons (Fsp3) is 0.419. The molecule has 2 aromatic carbocycles. The fourth-order valence-electron chi connectivity index (χ4n) is 6.21. The molecule has 0 aliphatic carbocycles. The van der Waals surface area contributed by atoms with E-state index in [0.717, 1.165) is 25.9 Å². The molecule has 47 heavy (non-hydrogen) atoms. The Balaban J connectivity index is 1.05. The molecule has 0 spiro atoms. The van der Waals surface area contributed by atoms with Crippen LogP contribution in [0.3, 0.4) is 0 Å². The van der Waals surface area contributed by atoms with Gasteiger partial charge in [0.2, 0.25) is 5.91 Å². The first-order chi connectivity index (χ1) is 22.5. The molecule has 0 saturated carbocycles. The van der Waals surface area contributed by atoms with Crippen molar-refractivity contribution >= 4 is 52.8 Å². The van der Waals surface area contributed by atoms with Gasteiger partial charge in [-0.25, -0.2) is 9.18 Å². The molecular weight excluding hydrogens is 644 g/mol. The predicted molar refractivity (Wildman–Crippen MR) is 169 cm³/mol. The van der Waals surface area contributed by atoms with Crippen LogP contribution in [0.15, 0.2) is 53.7 Å². The minimum Gasteiger partial charge on any atom is -0.379 e. The quantitative estimate of drug-likeness (QED) is 0.291. The maximum Gasteiger partial charge on any atom is 0.416 e. The molecule has 4 aliphatic rings. The van der Waals surface area contributed by atoms with Gasteiger partial charge in [-0.05, 0) is 55.2 Å². The number of carbonyl (C=O) groups is 2. The van der Waals surface area contributed by atoms with E-state index in [4.69, 9.17) is 21.7 Å². The zero-order valence-electron chi connectivity index (χ0n) is 25.1. The number of fused-ring (bicyclic) bond motifs is 1. The Hall–Kier alpha value is -4.21. The highest BCUT2D eigenvalue weighted by Gasteiger charge is 2.41. The molecule has 2 aromatic rings. The van der Waals surface area contributed by atoms with Crippen LogP contribution in [0.25, 0.3) is 0 Å². The zero-order chi connectivity index (χ0) is 33.3. The first-order valence-electron chi connectivity index (χ1n) is 15.2. The van der Waals surface area contributed by atoms with Crippen LogP contribution in [0.5, 0.6) is 0 Å². The number of ether oxygens (including phenoxy) is 1. The van der Waals surface area contributed by atoms with Crippen molar-refractivity contribution in [3.8, 4) is 0 Å². The van der Waals surface area contributed by atoms with Crippen LogP contribution in [0.2, 0.25) is 5.02 Å². The number of urea groups is 1. The highest BCUT2D eigenvalue weighted by Crippen LogP contribution is 2.35. The number of alkyl halides is 3. The van der Waals surface area contributed by atoms with E-state index in [-0.39, 0.29) is 34.4 Å². The highest BCUT2D eigenvalue weighted by molar-refractivity contribution is 6.34. The number of benzene rings is 2. The Morgan fingerprint density at radius 3 is 2.43 bits per heavy atom. The van der Waals surface area contributed by atoms with Crippen LogP contribution >= 0.6 is 11.6 Å². The monoisotopic (exact) mass is 676 g/mol. The van der Waals surface area contributed by atoms with Crippen molar-refractivity contribution in [1.82, 2.24) is 14.8 Å². The SMILES string of the molecule is N=C1C2C=CC(C3CCN(C(=O)CN4CCOCC4)CC3)N2N=CN1c1ccc(NC(=O)Nc2cc(C(F)(F)F)ccc2F)c(Cl)c1. The number of nitrogens with zero attached hydrogens (tertiary/aromatic N) is 5. The van der Waals surface area contributed by atoms with Crippen LogP contribution in [0.1, 0.15) is 18.4 Å². The van der Waals surface area contributed by atoms with E-state index in [2.05, 4.69) is 26.7 Å². The summed E-state index contributed by atoms with van der Waals surface area (Å²) in [5.74, 6) is -0.375. The Labute approximate surface area is 273 Å². The third-order valence-electron chi connectivity index (χ3n) is 8.78. The molecule has 6 rings (SSSR count). The number of nitrogens with one attached hydrogen (secondary N) is 3. The molecule has 250 valence electrons. The van der Waals surface area contributed by atoms with E-state index in [9.17, 15) is 27.2 Å². The Kier molecular flexibility index (Phi) is 9.39. The van der Waals surface area contributed by atoms with Crippen molar-refractivity contribution in [3.63, 3.8) is 0 Å². The molecule has 4 aliphatic heterocycles. The van der Waals surface area contributed by atoms with Crippen LogP contribution in [0.4, 0.5) is 39.4 Å². The van der Waals surface area contributed by atoms with E-state index in [1.807, 2.05) is 16.0 Å². The van der Waals surface area contributed by atoms with E-state index >= 15 is 0 Å². The molecule has 0 radical (unpaired) electrons. The summed E-state index contributed by atoms with van der Waals surface area (Å²) in [5.41, 5.74) is -1.13. The van der Waals surface area contributed by atoms with Crippen molar-refractivity contribution in [1.29, 1.82) is 5.41 Å². The molecule has 0 bridgehead atoms. The second-order valence-electron chi connectivity index (χ2n) is 11.7. The second-order valence-corrected chi connectivity index (χ2v) is 12.1. The standard InChI is InChI=1S/C31H33ClF4N8O3/c32-22-16-21(2-4-24(22)39-30(46)40-25-15-20(31(34,35)36)1-3-23(25)33)43-18-38-44-26(5-6-27(44)29(43)37)19-7-9-42(10-8-19)28(45)17-41-11-13-47-14-12-41/h1-6,15-16,18-19,26-27,37H,7-14,17H2,(H2,39,40,46). The van der Waals surface area contributed by atoms with Gasteiger partial charge in [-0.15, -0.1) is 0 Å². The van der Waals surface area contributed by atoms with Gasteiger partial charge in [-0.2, -0.15) is 18.3 Å². The molecule has 2 saturated heterocycles. The minimum absolute atomic E-state index is 0.00872. The molecule has 3 N–H and O–H groups in total. The van der Waals surface area contributed by atoms with E-state index in [1.54, 1.807) is 11.0 Å². The minimum atomic E-state index is -4.71. The Morgan fingerprint density at radius 1 is 1.00 bits per heavy atom. The average molecular weight is 677 g/mol.